The average Bonchev–Trinajstić information content (AvgIpc) is 2.83. The molecule has 0 aliphatic heterocycles. The minimum absolute atomic E-state index is 0.0782. The molecule has 0 heterocycles. The molecule has 3 aromatic carbocycles. The first kappa shape index (κ1) is 24.3. The molecule has 0 aromatic heterocycles. The Balaban J connectivity index is 1.81. The van der Waals surface area contributed by atoms with Crippen molar-refractivity contribution in [2.45, 2.75) is 4.90 Å². The Bertz CT molecular complexity index is 1340. The number of hydrogen-bond donors (Lipinski definition) is 2. The molecule has 10 nitrogen and oxygen atoms in total. The van der Waals surface area contributed by atoms with E-state index >= 15 is 0 Å². The molecule has 176 valence electrons. The van der Waals surface area contributed by atoms with Gasteiger partial charge in [0.1, 0.15) is 16.4 Å². The second kappa shape index (κ2) is 10.5. The van der Waals surface area contributed by atoms with E-state index < -0.39 is 20.9 Å². The lowest BCUT2D eigenvalue weighted by Crippen LogP contribution is -2.15. The first-order chi connectivity index (χ1) is 16.2. The van der Waals surface area contributed by atoms with Crippen molar-refractivity contribution in [2.24, 2.45) is 0 Å². The molecule has 0 atom stereocenters. The van der Waals surface area contributed by atoms with Gasteiger partial charge in [-0.25, -0.2) is 8.42 Å². The molecule has 3 rings (SSSR count). The van der Waals surface area contributed by atoms with Crippen molar-refractivity contribution in [1.29, 1.82) is 0 Å². The maximum absolute atomic E-state index is 13.0. The van der Waals surface area contributed by atoms with Crippen molar-refractivity contribution in [2.75, 3.05) is 24.3 Å². The Kier molecular flexibility index (Phi) is 7.49. The predicted octanol–water partition coefficient (Wildman–Crippen LogP) is 4.06. The van der Waals surface area contributed by atoms with Gasteiger partial charge in [-0.1, -0.05) is 12.1 Å². The lowest BCUT2D eigenvalue weighted by molar-refractivity contribution is -0.385. The fourth-order valence-corrected chi connectivity index (χ4v) is 4.23. The number of nitro groups is 1. The standard InChI is InChI=1S/C23H21N3O7S/c1-32-19-11-8-17(9-12-19)25-34(30,31)22-15-18(10-13-21(22)33-2)24-23(27)14-7-16-5-3-4-6-20(16)26(28)29/h3-15,25H,1-2H3,(H,24,27)/b14-7+. The number of nitro benzene ring substituents is 1. The quantitative estimate of drug-likeness (QED) is 0.266. The summed E-state index contributed by atoms with van der Waals surface area (Å²) in [7, 11) is -1.24. The smallest absolute Gasteiger partial charge is 0.276 e. The van der Waals surface area contributed by atoms with E-state index in [9.17, 15) is 23.3 Å². The highest BCUT2D eigenvalue weighted by Gasteiger charge is 2.21. The van der Waals surface area contributed by atoms with Crippen LogP contribution in [0.3, 0.4) is 0 Å². The zero-order valence-corrected chi connectivity index (χ0v) is 19.0. The van der Waals surface area contributed by atoms with Crippen molar-refractivity contribution >= 4 is 39.1 Å². The number of nitrogens with zero attached hydrogens (tertiary/aromatic N) is 1. The van der Waals surface area contributed by atoms with Gasteiger partial charge in [-0.2, -0.15) is 0 Å². The molecule has 3 aromatic rings. The Morgan fingerprint density at radius 1 is 0.971 bits per heavy atom. The van der Waals surface area contributed by atoms with Gasteiger partial charge >= 0.3 is 0 Å². The summed E-state index contributed by atoms with van der Waals surface area (Å²) in [4.78, 5) is 22.7. The van der Waals surface area contributed by atoms with Crippen molar-refractivity contribution in [3.63, 3.8) is 0 Å². The highest BCUT2D eigenvalue weighted by Crippen LogP contribution is 2.29. The Morgan fingerprint density at radius 3 is 2.29 bits per heavy atom. The number of benzene rings is 3. The van der Waals surface area contributed by atoms with Crippen LogP contribution in [0.15, 0.2) is 77.7 Å². The van der Waals surface area contributed by atoms with Crippen LogP contribution in [0.4, 0.5) is 17.1 Å². The summed E-state index contributed by atoms with van der Waals surface area (Å²) in [6, 6.07) is 16.4. The molecular formula is C23H21N3O7S. The molecule has 34 heavy (non-hydrogen) atoms. The van der Waals surface area contributed by atoms with Gasteiger partial charge in [0.2, 0.25) is 5.91 Å². The van der Waals surface area contributed by atoms with E-state index in [1.807, 2.05) is 0 Å². The number of methoxy groups -OCH3 is 2. The number of sulfonamides is 1. The van der Waals surface area contributed by atoms with Gasteiger partial charge < -0.3 is 14.8 Å². The molecule has 2 N–H and O–H groups in total. The summed E-state index contributed by atoms with van der Waals surface area (Å²) in [5, 5.41) is 13.6. The largest absolute Gasteiger partial charge is 0.497 e. The summed E-state index contributed by atoms with van der Waals surface area (Å²) in [5.41, 5.74) is 0.608. The Morgan fingerprint density at radius 2 is 1.65 bits per heavy atom. The second-order valence-electron chi connectivity index (χ2n) is 6.84. The molecule has 1 amide bonds. The molecule has 0 aliphatic carbocycles. The maximum Gasteiger partial charge on any atom is 0.276 e. The number of carbonyl (C=O) groups excluding carboxylic acids is 1. The van der Waals surface area contributed by atoms with Gasteiger partial charge in [-0.05, 0) is 54.6 Å². The van der Waals surface area contributed by atoms with E-state index in [-0.39, 0.29) is 27.6 Å². The number of carbonyl (C=O) groups is 1. The van der Waals surface area contributed by atoms with E-state index in [1.165, 1.54) is 56.7 Å². The van der Waals surface area contributed by atoms with Gasteiger partial charge in [-0.3, -0.25) is 19.6 Å². The molecule has 0 fully saturated rings. The van der Waals surface area contributed by atoms with E-state index in [4.69, 9.17) is 9.47 Å². The van der Waals surface area contributed by atoms with Crippen molar-refractivity contribution < 1.29 is 27.6 Å². The number of para-hydroxylation sites is 1. The van der Waals surface area contributed by atoms with Crippen LogP contribution in [0.1, 0.15) is 5.56 Å². The fourth-order valence-electron chi connectivity index (χ4n) is 2.98. The molecule has 0 spiro atoms. The SMILES string of the molecule is COc1ccc(NS(=O)(=O)c2cc(NC(=O)/C=C/c3ccccc3[N+](=O)[O-])ccc2OC)cc1. The molecule has 0 radical (unpaired) electrons. The van der Waals surface area contributed by atoms with Gasteiger partial charge in [-0.15, -0.1) is 0 Å². The molecule has 0 unspecified atom stereocenters. The van der Waals surface area contributed by atoms with Crippen molar-refractivity contribution in [3.05, 3.63) is 88.5 Å². The van der Waals surface area contributed by atoms with Gasteiger partial charge in [0, 0.05) is 23.5 Å². The highest BCUT2D eigenvalue weighted by atomic mass is 32.2. The van der Waals surface area contributed by atoms with Crippen LogP contribution in [-0.4, -0.2) is 33.5 Å². The highest BCUT2D eigenvalue weighted by molar-refractivity contribution is 7.92. The Labute approximate surface area is 196 Å². The van der Waals surface area contributed by atoms with Crippen LogP contribution in [0.2, 0.25) is 0 Å². The number of amides is 1. The fraction of sp³-hybridized carbons (Fsp3) is 0.0870. The third-order valence-electron chi connectivity index (χ3n) is 4.61. The van der Waals surface area contributed by atoms with Crippen molar-refractivity contribution in [3.8, 4) is 11.5 Å². The van der Waals surface area contributed by atoms with Crippen LogP contribution in [0, 0.1) is 10.1 Å². The first-order valence-corrected chi connectivity index (χ1v) is 11.3. The summed E-state index contributed by atoms with van der Waals surface area (Å²) in [5.74, 6) is 0.0448. The third-order valence-corrected chi connectivity index (χ3v) is 6.01. The monoisotopic (exact) mass is 483 g/mol. The molecule has 0 bridgehead atoms. The lowest BCUT2D eigenvalue weighted by Gasteiger charge is -2.13. The Hall–Kier alpha value is -4.38. The maximum atomic E-state index is 13.0. The molecular weight excluding hydrogens is 462 g/mol. The van der Waals surface area contributed by atoms with Crippen LogP contribution < -0.4 is 19.5 Å². The van der Waals surface area contributed by atoms with E-state index in [2.05, 4.69) is 10.0 Å². The zero-order valence-electron chi connectivity index (χ0n) is 18.2. The van der Waals surface area contributed by atoms with Crippen LogP contribution in [0.25, 0.3) is 6.08 Å². The van der Waals surface area contributed by atoms with E-state index in [0.717, 1.165) is 6.08 Å². The number of nitrogens with one attached hydrogen (secondary N) is 2. The predicted molar refractivity (Wildman–Crippen MR) is 128 cm³/mol. The molecule has 11 heteroatoms. The summed E-state index contributed by atoms with van der Waals surface area (Å²) in [6.45, 7) is 0. The molecule has 0 saturated heterocycles. The zero-order chi connectivity index (χ0) is 24.7. The number of ether oxygens (including phenoxy) is 2. The topological polar surface area (TPSA) is 137 Å². The third kappa shape index (κ3) is 5.90. The summed E-state index contributed by atoms with van der Waals surface area (Å²) >= 11 is 0. The second-order valence-corrected chi connectivity index (χ2v) is 8.49. The van der Waals surface area contributed by atoms with Gasteiger partial charge in [0.25, 0.3) is 15.7 Å². The minimum atomic E-state index is -4.06. The molecule has 0 saturated carbocycles. The minimum Gasteiger partial charge on any atom is -0.497 e. The molecule has 0 aliphatic rings. The van der Waals surface area contributed by atoms with E-state index in [1.54, 1.807) is 30.3 Å². The average molecular weight is 484 g/mol. The number of hydrogen-bond acceptors (Lipinski definition) is 7. The van der Waals surface area contributed by atoms with Crippen LogP contribution >= 0.6 is 0 Å². The summed E-state index contributed by atoms with van der Waals surface area (Å²) in [6.07, 6.45) is 2.43. The lowest BCUT2D eigenvalue weighted by atomic mass is 10.1. The summed E-state index contributed by atoms with van der Waals surface area (Å²) < 4.78 is 38.6. The van der Waals surface area contributed by atoms with Crippen LogP contribution in [-0.2, 0) is 14.8 Å². The number of anilines is 2. The van der Waals surface area contributed by atoms with E-state index in [0.29, 0.717) is 11.4 Å². The first-order valence-electron chi connectivity index (χ1n) is 9.81. The van der Waals surface area contributed by atoms with Crippen LogP contribution in [0.5, 0.6) is 11.5 Å². The normalized spacial score (nSPS) is 11.1. The van der Waals surface area contributed by atoms with Gasteiger partial charge in [0.05, 0.1) is 24.7 Å². The van der Waals surface area contributed by atoms with Crippen molar-refractivity contribution in [1.82, 2.24) is 0 Å². The number of rotatable bonds is 9. The van der Waals surface area contributed by atoms with Gasteiger partial charge in [0.15, 0.2) is 0 Å².